The Kier molecular flexibility index (Phi) is 3.04. The molecule has 0 fully saturated rings. The van der Waals surface area contributed by atoms with E-state index in [0.29, 0.717) is 0 Å². The van der Waals surface area contributed by atoms with E-state index in [1.54, 1.807) is 4.68 Å². The summed E-state index contributed by atoms with van der Waals surface area (Å²) < 4.78 is 1.73. The molecule has 0 saturated heterocycles. The number of nitriles is 1. The summed E-state index contributed by atoms with van der Waals surface area (Å²) in [5.74, 6) is 0. The Bertz CT molecular complexity index is 321. The molecule has 1 aromatic heterocycles. The van der Waals surface area contributed by atoms with Crippen molar-refractivity contribution in [3.8, 4) is 6.07 Å². The predicted octanol–water partition coefficient (Wildman–Crippen LogP) is 0.903. The largest absolute Gasteiger partial charge is 0.298 e. The van der Waals surface area contributed by atoms with Crippen LogP contribution in [-0.4, -0.2) is 16.3 Å². The van der Waals surface area contributed by atoms with Gasteiger partial charge in [0.1, 0.15) is 6.04 Å². The maximum atomic E-state index is 8.89. The van der Waals surface area contributed by atoms with E-state index in [1.807, 2.05) is 27.1 Å². The van der Waals surface area contributed by atoms with E-state index < -0.39 is 0 Å². The molecule has 0 radical (unpaired) electrons. The minimum Gasteiger partial charge on any atom is -0.298 e. The van der Waals surface area contributed by atoms with Crippen LogP contribution in [0.25, 0.3) is 0 Å². The topological polar surface area (TPSA) is 53.6 Å². The van der Waals surface area contributed by atoms with E-state index in [4.69, 9.17) is 5.26 Å². The highest BCUT2D eigenvalue weighted by atomic mass is 15.3. The van der Waals surface area contributed by atoms with Crippen LogP contribution in [0.4, 0.5) is 0 Å². The number of aryl methyl sites for hydroxylation is 2. The van der Waals surface area contributed by atoms with Crippen LogP contribution in [0.1, 0.15) is 24.2 Å². The molecule has 4 nitrogen and oxygen atoms in total. The van der Waals surface area contributed by atoms with Gasteiger partial charge in [0.15, 0.2) is 0 Å². The van der Waals surface area contributed by atoms with Crippen molar-refractivity contribution < 1.29 is 0 Å². The molecule has 0 aliphatic rings. The highest BCUT2D eigenvalue weighted by Gasteiger charge is 2.13. The molecule has 0 spiro atoms. The zero-order chi connectivity index (χ0) is 9.84. The molecular weight excluding hydrogens is 164 g/mol. The second kappa shape index (κ2) is 4.06. The van der Waals surface area contributed by atoms with Crippen molar-refractivity contribution in [2.45, 2.75) is 19.9 Å². The molecule has 13 heavy (non-hydrogen) atoms. The van der Waals surface area contributed by atoms with Crippen molar-refractivity contribution >= 4 is 0 Å². The van der Waals surface area contributed by atoms with Crippen molar-refractivity contribution in [2.24, 2.45) is 7.05 Å². The smallest absolute Gasteiger partial charge is 0.124 e. The molecule has 0 amide bonds. The second-order valence-electron chi connectivity index (χ2n) is 2.96. The Hall–Kier alpha value is -1.34. The van der Waals surface area contributed by atoms with Crippen LogP contribution in [0, 0.1) is 18.3 Å². The molecule has 1 heterocycles. The lowest BCUT2D eigenvalue weighted by molar-refractivity contribution is 0.654. The fourth-order valence-electron chi connectivity index (χ4n) is 1.33. The summed E-state index contributed by atoms with van der Waals surface area (Å²) in [6.07, 6.45) is 1.88. The zero-order valence-corrected chi connectivity index (χ0v) is 8.20. The van der Waals surface area contributed by atoms with Crippen molar-refractivity contribution in [3.05, 3.63) is 17.5 Å². The Morgan fingerprint density at radius 3 is 2.85 bits per heavy atom. The first-order valence-electron chi connectivity index (χ1n) is 4.32. The average molecular weight is 178 g/mol. The molecular formula is C9H14N4. The van der Waals surface area contributed by atoms with Crippen LogP contribution in [0.3, 0.4) is 0 Å². The normalized spacial score (nSPS) is 12.5. The molecule has 0 aliphatic heterocycles. The molecule has 1 N–H and O–H groups in total. The maximum Gasteiger partial charge on any atom is 0.124 e. The molecule has 1 aromatic rings. The first-order valence-corrected chi connectivity index (χ1v) is 4.32. The third-order valence-corrected chi connectivity index (χ3v) is 1.90. The van der Waals surface area contributed by atoms with Gasteiger partial charge in [0.05, 0.1) is 11.8 Å². The first kappa shape index (κ1) is 9.75. The summed E-state index contributed by atoms with van der Waals surface area (Å²) in [4.78, 5) is 0. The van der Waals surface area contributed by atoms with Gasteiger partial charge in [-0.15, -0.1) is 0 Å². The third kappa shape index (κ3) is 2.07. The van der Waals surface area contributed by atoms with Gasteiger partial charge in [-0.25, -0.2) is 0 Å². The number of hydrogen-bond donors (Lipinski definition) is 1. The van der Waals surface area contributed by atoms with Gasteiger partial charge < -0.3 is 0 Å². The maximum absolute atomic E-state index is 8.89. The van der Waals surface area contributed by atoms with Gasteiger partial charge in [0, 0.05) is 18.8 Å². The van der Waals surface area contributed by atoms with Gasteiger partial charge in [-0.3, -0.25) is 10.00 Å². The molecule has 70 valence electrons. The number of nitrogens with zero attached hydrogens (tertiary/aromatic N) is 3. The molecule has 1 unspecified atom stereocenters. The summed E-state index contributed by atoms with van der Waals surface area (Å²) >= 11 is 0. The lowest BCUT2D eigenvalue weighted by Gasteiger charge is -2.07. The van der Waals surface area contributed by atoms with Gasteiger partial charge in [-0.1, -0.05) is 6.92 Å². The minimum absolute atomic E-state index is 0.237. The first-order chi connectivity index (χ1) is 6.19. The molecule has 0 saturated carbocycles. The highest BCUT2D eigenvalue weighted by Crippen LogP contribution is 2.14. The number of hydrogen-bond acceptors (Lipinski definition) is 3. The van der Waals surface area contributed by atoms with Crippen LogP contribution in [-0.2, 0) is 7.05 Å². The Morgan fingerprint density at radius 2 is 2.46 bits per heavy atom. The van der Waals surface area contributed by atoms with Crippen molar-refractivity contribution in [2.75, 3.05) is 6.54 Å². The molecule has 0 aromatic carbocycles. The second-order valence-corrected chi connectivity index (χ2v) is 2.96. The van der Waals surface area contributed by atoms with E-state index >= 15 is 0 Å². The number of rotatable bonds is 3. The van der Waals surface area contributed by atoms with Crippen LogP contribution < -0.4 is 5.32 Å². The Morgan fingerprint density at radius 1 is 1.77 bits per heavy atom. The lowest BCUT2D eigenvalue weighted by atomic mass is 10.1. The SMILES string of the molecule is CCNC(C#N)c1cn(C)nc1C. The molecule has 0 bridgehead atoms. The number of nitrogens with one attached hydrogen (secondary N) is 1. The van der Waals surface area contributed by atoms with E-state index in [-0.39, 0.29) is 6.04 Å². The average Bonchev–Trinajstić information content (AvgIpc) is 2.41. The standard InChI is InChI=1S/C9H14N4/c1-4-11-9(5-10)8-6-13(3)12-7(8)2/h6,9,11H,4H2,1-3H3. The van der Waals surface area contributed by atoms with Crippen molar-refractivity contribution in [1.29, 1.82) is 5.26 Å². The van der Waals surface area contributed by atoms with Crippen LogP contribution >= 0.6 is 0 Å². The quantitative estimate of drug-likeness (QED) is 0.748. The van der Waals surface area contributed by atoms with E-state index in [2.05, 4.69) is 16.5 Å². The fourth-order valence-corrected chi connectivity index (χ4v) is 1.33. The fraction of sp³-hybridized carbons (Fsp3) is 0.556. The summed E-state index contributed by atoms with van der Waals surface area (Å²) in [7, 11) is 1.86. The molecule has 1 atom stereocenters. The van der Waals surface area contributed by atoms with Crippen LogP contribution in [0.15, 0.2) is 6.20 Å². The third-order valence-electron chi connectivity index (χ3n) is 1.90. The van der Waals surface area contributed by atoms with Crippen molar-refractivity contribution in [3.63, 3.8) is 0 Å². The van der Waals surface area contributed by atoms with Gasteiger partial charge in [-0.2, -0.15) is 10.4 Å². The Labute approximate surface area is 78.2 Å². The minimum atomic E-state index is -0.237. The lowest BCUT2D eigenvalue weighted by Crippen LogP contribution is -2.19. The van der Waals surface area contributed by atoms with Crippen LogP contribution in [0.2, 0.25) is 0 Å². The van der Waals surface area contributed by atoms with Gasteiger partial charge >= 0.3 is 0 Å². The van der Waals surface area contributed by atoms with Gasteiger partial charge in [0.25, 0.3) is 0 Å². The number of aromatic nitrogens is 2. The van der Waals surface area contributed by atoms with E-state index in [9.17, 15) is 0 Å². The van der Waals surface area contributed by atoms with Gasteiger partial charge in [-0.05, 0) is 13.5 Å². The molecule has 4 heteroatoms. The Balaban J connectivity index is 2.92. The highest BCUT2D eigenvalue weighted by molar-refractivity contribution is 5.25. The zero-order valence-electron chi connectivity index (χ0n) is 8.20. The van der Waals surface area contributed by atoms with Crippen molar-refractivity contribution in [1.82, 2.24) is 15.1 Å². The summed E-state index contributed by atoms with van der Waals surface area (Å²) in [6, 6.07) is 1.97. The van der Waals surface area contributed by atoms with E-state index in [0.717, 1.165) is 17.8 Å². The summed E-state index contributed by atoms with van der Waals surface area (Å²) in [6.45, 7) is 4.68. The van der Waals surface area contributed by atoms with Crippen LogP contribution in [0.5, 0.6) is 0 Å². The van der Waals surface area contributed by atoms with E-state index in [1.165, 1.54) is 0 Å². The monoisotopic (exact) mass is 178 g/mol. The predicted molar refractivity (Wildman–Crippen MR) is 50.0 cm³/mol. The summed E-state index contributed by atoms with van der Waals surface area (Å²) in [5.41, 5.74) is 1.88. The molecule has 1 rings (SSSR count). The molecule has 0 aliphatic carbocycles. The summed E-state index contributed by atoms with van der Waals surface area (Å²) in [5, 5.41) is 16.2. The van der Waals surface area contributed by atoms with Gasteiger partial charge in [0.2, 0.25) is 0 Å².